The minimum Gasteiger partial charge on any atom is -0.397 e. The van der Waals surface area contributed by atoms with E-state index in [2.05, 4.69) is 13.0 Å². The van der Waals surface area contributed by atoms with E-state index >= 15 is 0 Å². The van der Waals surface area contributed by atoms with Crippen LogP contribution in [0.25, 0.3) is 0 Å². The molecule has 0 heterocycles. The smallest absolute Gasteiger partial charge is 0.0580 e. The van der Waals surface area contributed by atoms with E-state index in [1.54, 1.807) is 0 Å². The second kappa shape index (κ2) is 4.17. The van der Waals surface area contributed by atoms with Crippen LogP contribution in [-0.4, -0.2) is 0 Å². The highest BCUT2D eigenvalue weighted by Crippen LogP contribution is 2.23. The molecular formula is C11H18N2. The molecule has 0 aromatic heterocycles. The summed E-state index contributed by atoms with van der Waals surface area (Å²) in [6, 6.07) is 4.05. The first-order chi connectivity index (χ1) is 6.15. The van der Waals surface area contributed by atoms with Crippen molar-refractivity contribution in [3.05, 3.63) is 23.3 Å². The van der Waals surface area contributed by atoms with E-state index in [-0.39, 0.29) is 0 Å². The fourth-order valence-electron chi connectivity index (χ4n) is 1.48. The molecule has 1 aromatic rings. The van der Waals surface area contributed by atoms with E-state index in [0.717, 1.165) is 12.1 Å². The maximum absolute atomic E-state index is 5.87. The number of benzene rings is 1. The highest BCUT2D eigenvalue weighted by atomic mass is 14.7. The van der Waals surface area contributed by atoms with Gasteiger partial charge in [0.2, 0.25) is 0 Å². The Hall–Kier alpha value is -1.18. The van der Waals surface area contributed by atoms with Gasteiger partial charge < -0.3 is 11.5 Å². The average molecular weight is 178 g/mol. The van der Waals surface area contributed by atoms with Crippen LogP contribution in [0.4, 0.5) is 11.4 Å². The lowest BCUT2D eigenvalue weighted by Crippen LogP contribution is -2.00. The zero-order valence-electron chi connectivity index (χ0n) is 8.43. The van der Waals surface area contributed by atoms with Crippen molar-refractivity contribution in [2.75, 3.05) is 11.5 Å². The van der Waals surface area contributed by atoms with Gasteiger partial charge in [0.05, 0.1) is 11.4 Å². The van der Waals surface area contributed by atoms with Gasteiger partial charge in [-0.2, -0.15) is 0 Å². The summed E-state index contributed by atoms with van der Waals surface area (Å²) in [5, 5.41) is 0. The summed E-state index contributed by atoms with van der Waals surface area (Å²) in [6.07, 6.45) is 3.40. The Bertz CT molecular complexity index is 292. The van der Waals surface area contributed by atoms with Crippen molar-refractivity contribution in [2.45, 2.75) is 33.1 Å². The molecule has 72 valence electrons. The Labute approximate surface area is 79.9 Å². The summed E-state index contributed by atoms with van der Waals surface area (Å²) in [5.74, 6) is 0. The summed E-state index contributed by atoms with van der Waals surface area (Å²) < 4.78 is 0. The van der Waals surface area contributed by atoms with Gasteiger partial charge in [0.25, 0.3) is 0 Å². The van der Waals surface area contributed by atoms with Gasteiger partial charge in [-0.15, -0.1) is 0 Å². The second-order valence-electron chi connectivity index (χ2n) is 3.53. The number of aryl methyl sites for hydroxylation is 2. The summed E-state index contributed by atoms with van der Waals surface area (Å²) in [6.45, 7) is 4.22. The van der Waals surface area contributed by atoms with Crippen LogP contribution in [0.15, 0.2) is 12.1 Å². The van der Waals surface area contributed by atoms with Crippen molar-refractivity contribution in [3.63, 3.8) is 0 Å². The molecule has 4 N–H and O–H groups in total. The Morgan fingerprint density at radius 1 is 1.23 bits per heavy atom. The van der Waals surface area contributed by atoms with Crippen molar-refractivity contribution in [1.82, 2.24) is 0 Å². The van der Waals surface area contributed by atoms with Crippen LogP contribution in [0, 0.1) is 6.92 Å². The summed E-state index contributed by atoms with van der Waals surface area (Å²) >= 11 is 0. The molecule has 0 unspecified atom stereocenters. The van der Waals surface area contributed by atoms with E-state index in [9.17, 15) is 0 Å². The SMILES string of the molecule is CCCCc1cc(C)cc(N)c1N. The third kappa shape index (κ3) is 2.38. The zero-order valence-corrected chi connectivity index (χ0v) is 8.43. The monoisotopic (exact) mass is 178 g/mol. The quantitative estimate of drug-likeness (QED) is 0.699. The first-order valence-electron chi connectivity index (χ1n) is 4.79. The van der Waals surface area contributed by atoms with Crippen LogP contribution >= 0.6 is 0 Å². The maximum atomic E-state index is 5.87. The van der Waals surface area contributed by atoms with Crippen molar-refractivity contribution >= 4 is 11.4 Å². The molecule has 0 bridgehead atoms. The predicted molar refractivity (Wildman–Crippen MR) is 58.6 cm³/mol. The third-order valence-electron chi connectivity index (χ3n) is 2.24. The van der Waals surface area contributed by atoms with Gasteiger partial charge in [0, 0.05) is 0 Å². The molecular weight excluding hydrogens is 160 g/mol. The zero-order chi connectivity index (χ0) is 9.84. The molecule has 0 fully saturated rings. The van der Waals surface area contributed by atoms with Gasteiger partial charge in [-0.25, -0.2) is 0 Å². The average Bonchev–Trinajstić information content (AvgIpc) is 2.09. The minimum absolute atomic E-state index is 0.714. The minimum atomic E-state index is 0.714. The van der Waals surface area contributed by atoms with Crippen LogP contribution in [0.2, 0.25) is 0 Å². The number of rotatable bonds is 3. The lowest BCUT2D eigenvalue weighted by atomic mass is 10.0. The molecule has 2 heteroatoms. The topological polar surface area (TPSA) is 52.0 Å². The van der Waals surface area contributed by atoms with Crippen LogP contribution < -0.4 is 11.5 Å². The Kier molecular flexibility index (Phi) is 3.18. The number of hydrogen-bond donors (Lipinski definition) is 2. The van der Waals surface area contributed by atoms with Crippen LogP contribution in [0.1, 0.15) is 30.9 Å². The van der Waals surface area contributed by atoms with Gasteiger partial charge in [-0.05, 0) is 37.0 Å². The second-order valence-corrected chi connectivity index (χ2v) is 3.53. The van der Waals surface area contributed by atoms with Gasteiger partial charge >= 0.3 is 0 Å². The number of nitrogen functional groups attached to an aromatic ring is 2. The molecule has 0 aliphatic heterocycles. The first kappa shape index (κ1) is 9.90. The van der Waals surface area contributed by atoms with Crippen molar-refractivity contribution in [1.29, 1.82) is 0 Å². The number of unbranched alkanes of at least 4 members (excludes halogenated alkanes) is 1. The number of anilines is 2. The molecule has 0 atom stereocenters. The predicted octanol–water partition coefficient (Wildman–Crippen LogP) is 2.50. The maximum Gasteiger partial charge on any atom is 0.0580 e. The van der Waals surface area contributed by atoms with E-state index in [4.69, 9.17) is 11.5 Å². The highest BCUT2D eigenvalue weighted by Gasteiger charge is 2.03. The summed E-state index contributed by atoms with van der Waals surface area (Å²) in [5.41, 5.74) is 15.5. The van der Waals surface area contributed by atoms with Gasteiger partial charge in [-0.3, -0.25) is 0 Å². The number of nitrogens with two attached hydrogens (primary N) is 2. The molecule has 0 amide bonds. The molecule has 0 aliphatic carbocycles. The van der Waals surface area contributed by atoms with Crippen LogP contribution in [0.3, 0.4) is 0 Å². The van der Waals surface area contributed by atoms with Crippen molar-refractivity contribution < 1.29 is 0 Å². The molecule has 1 rings (SSSR count). The normalized spacial score (nSPS) is 10.3. The van der Waals surface area contributed by atoms with Gasteiger partial charge in [-0.1, -0.05) is 19.4 Å². The standard InChI is InChI=1S/C11H18N2/c1-3-4-5-9-6-8(2)7-10(12)11(9)13/h6-7H,3-5,12-13H2,1-2H3. The Balaban J connectivity index is 2.92. The summed E-state index contributed by atoms with van der Waals surface area (Å²) in [4.78, 5) is 0. The molecule has 2 nitrogen and oxygen atoms in total. The van der Waals surface area contributed by atoms with E-state index < -0.39 is 0 Å². The summed E-state index contributed by atoms with van der Waals surface area (Å²) in [7, 11) is 0. The van der Waals surface area contributed by atoms with E-state index in [0.29, 0.717) is 5.69 Å². The van der Waals surface area contributed by atoms with E-state index in [1.165, 1.54) is 24.0 Å². The van der Waals surface area contributed by atoms with Crippen molar-refractivity contribution in [3.8, 4) is 0 Å². The Morgan fingerprint density at radius 2 is 1.92 bits per heavy atom. The first-order valence-corrected chi connectivity index (χ1v) is 4.79. The van der Waals surface area contributed by atoms with Crippen LogP contribution in [-0.2, 0) is 6.42 Å². The fraction of sp³-hybridized carbons (Fsp3) is 0.455. The van der Waals surface area contributed by atoms with Gasteiger partial charge in [0.1, 0.15) is 0 Å². The van der Waals surface area contributed by atoms with E-state index in [1.807, 2.05) is 13.0 Å². The number of hydrogen-bond acceptors (Lipinski definition) is 2. The lowest BCUT2D eigenvalue weighted by Gasteiger charge is -2.09. The highest BCUT2D eigenvalue weighted by molar-refractivity contribution is 5.68. The van der Waals surface area contributed by atoms with Crippen LogP contribution in [0.5, 0.6) is 0 Å². The molecule has 0 saturated carbocycles. The largest absolute Gasteiger partial charge is 0.397 e. The molecule has 0 radical (unpaired) electrons. The fourth-order valence-corrected chi connectivity index (χ4v) is 1.48. The molecule has 1 aromatic carbocycles. The van der Waals surface area contributed by atoms with Crippen molar-refractivity contribution in [2.24, 2.45) is 0 Å². The molecule has 0 spiro atoms. The molecule has 13 heavy (non-hydrogen) atoms. The third-order valence-corrected chi connectivity index (χ3v) is 2.24. The Morgan fingerprint density at radius 3 is 2.54 bits per heavy atom. The molecule has 0 saturated heterocycles. The molecule has 0 aliphatic rings. The van der Waals surface area contributed by atoms with Gasteiger partial charge in [0.15, 0.2) is 0 Å². The lowest BCUT2D eigenvalue weighted by molar-refractivity contribution is 0.796.